The Balaban J connectivity index is 2.64. The molecule has 0 saturated heterocycles. The molecule has 0 bridgehead atoms. The molecule has 21 heavy (non-hydrogen) atoms. The van der Waals surface area contributed by atoms with Crippen molar-refractivity contribution in [2.75, 3.05) is 13.6 Å². The number of primary amides is 1. The van der Waals surface area contributed by atoms with E-state index >= 15 is 0 Å². The Hall–Kier alpha value is -1.44. The number of nitrogens with one attached hydrogen (secondary N) is 2. The number of amides is 1. The van der Waals surface area contributed by atoms with Crippen LogP contribution in [0.5, 0.6) is 0 Å². The van der Waals surface area contributed by atoms with E-state index in [1.165, 1.54) is 0 Å². The fraction of sp³-hybridized carbons (Fsp3) is 0.500. The van der Waals surface area contributed by atoms with E-state index in [1.54, 1.807) is 18.2 Å². The van der Waals surface area contributed by atoms with E-state index in [4.69, 9.17) is 5.73 Å². The first kappa shape index (κ1) is 17.6. The number of carbonyl (C=O) groups excluding carboxylic acids is 1. The van der Waals surface area contributed by atoms with E-state index in [-0.39, 0.29) is 23.3 Å². The highest BCUT2D eigenvalue weighted by molar-refractivity contribution is 7.89. The summed E-state index contributed by atoms with van der Waals surface area (Å²) in [7, 11) is -1.70. The van der Waals surface area contributed by atoms with Crippen molar-refractivity contribution in [1.29, 1.82) is 0 Å². The number of unbranched alkanes of at least 4 members (excludes halogenated alkanes) is 1. The Morgan fingerprint density at radius 1 is 1.33 bits per heavy atom. The van der Waals surface area contributed by atoms with Crippen molar-refractivity contribution in [2.24, 2.45) is 5.73 Å². The van der Waals surface area contributed by atoms with Crippen LogP contribution in [0.2, 0.25) is 0 Å². The highest BCUT2D eigenvalue weighted by atomic mass is 32.2. The topological polar surface area (TPSA) is 101 Å². The van der Waals surface area contributed by atoms with Crippen molar-refractivity contribution in [3.63, 3.8) is 0 Å². The van der Waals surface area contributed by atoms with E-state index in [1.807, 2.05) is 20.0 Å². The SMILES string of the molecule is CNC(C)c1cccc(S(=O)(=O)NCCCCC(N)=O)c1. The second kappa shape index (κ2) is 8.11. The van der Waals surface area contributed by atoms with Crippen LogP contribution in [0.3, 0.4) is 0 Å². The van der Waals surface area contributed by atoms with Gasteiger partial charge in [0, 0.05) is 19.0 Å². The van der Waals surface area contributed by atoms with Gasteiger partial charge >= 0.3 is 0 Å². The lowest BCUT2D eigenvalue weighted by Gasteiger charge is -2.12. The first-order chi connectivity index (χ1) is 9.86. The van der Waals surface area contributed by atoms with Crippen LogP contribution in [0.4, 0.5) is 0 Å². The highest BCUT2D eigenvalue weighted by Crippen LogP contribution is 2.17. The van der Waals surface area contributed by atoms with Gasteiger partial charge in [0.05, 0.1) is 4.90 Å². The monoisotopic (exact) mass is 313 g/mol. The fourth-order valence-corrected chi connectivity index (χ4v) is 2.96. The minimum atomic E-state index is -3.52. The van der Waals surface area contributed by atoms with Crippen molar-refractivity contribution >= 4 is 15.9 Å². The summed E-state index contributed by atoms with van der Waals surface area (Å²) in [6.07, 6.45) is 1.43. The van der Waals surface area contributed by atoms with Gasteiger partial charge < -0.3 is 11.1 Å². The van der Waals surface area contributed by atoms with Crippen molar-refractivity contribution in [3.8, 4) is 0 Å². The van der Waals surface area contributed by atoms with Crippen LogP contribution in [-0.2, 0) is 14.8 Å². The summed E-state index contributed by atoms with van der Waals surface area (Å²) in [5.41, 5.74) is 5.94. The number of hydrogen-bond donors (Lipinski definition) is 3. The van der Waals surface area contributed by atoms with Crippen molar-refractivity contribution < 1.29 is 13.2 Å². The zero-order valence-corrected chi connectivity index (χ0v) is 13.2. The normalized spacial score (nSPS) is 13.0. The molecular weight excluding hydrogens is 290 g/mol. The van der Waals surface area contributed by atoms with E-state index in [9.17, 15) is 13.2 Å². The molecule has 1 unspecified atom stereocenters. The summed E-state index contributed by atoms with van der Waals surface area (Å²) in [5.74, 6) is -0.369. The molecule has 0 aromatic heterocycles. The summed E-state index contributed by atoms with van der Waals surface area (Å²) in [4.78, 5) is 10.8. The van der Waals surface area contributed by atoms with Gasteiger partial charge in [-0.05, 0) is 44.5 Å². The third kappa shape index (κ3) is 5.82. The number of carbonyl (C=O) groups is 1. The summed E-state index contributed by atoms with van der Waals surface area (Å²) in [6.45, 7) is 2.25. The highest BCUT2D eigenvalue weighted by Gasteiger charge is 2.14. The average molecular weight is 313 g/mol. The maximum absolute atomic E-state index is 12.2. The lowest BCUT2D eigenvalue weighted by atomic mass is 10.1. The van der Waals surface area contributed by atoms with Crippen LogP contribution in [0.15, 0.2) is 29.2 Å². The molecule has 7 heteroatoms. The number of benzene rings is 1. The summed E-state index contributed by atoms with van der Waals surface area (Å²) < 4.78 is 26.9. The largest absolute Gasteiger partial charge is 0.370 e. The van der Waals surface area contributed by atoms with E-state index < -0.39 is 10.0 Å². The predicted molar refractivity (Wildman–Crippen MR) is 82.2 cm³/mol. The zero-order chi connectivity index (χ0) is 15.9. The smallest absolute Gasteiger partial charge is 0.240 e. The van der Waals surface area contributed by atoms with E-state index in [0.29, 0.717) is 19.4 Å². The molecule has 1 aromatic rings. The van der Waals surface area contributed by atoms with Crippen LogP contribution in [0.1, 0.15) is 37.8 Å². The summed E-state index contributed by atoms with van der Waals surface area (Å²) >= 11 is 0. The molecule has 1 rings (SSSR count). The molecular formula is C14H23N3O3S. The van der Waals surface area contributed by atoms with E-state index in [0.717, 1.165) is 5.56 Å². The van der Waals surface area contributed by atoms with Crippen LogP contribution < -0.4 is 15.8 Å². The molecule has 4 N–H and O–H groups in total. The van der Waals surface area contributed by atoms with Crippen LogP contribution >= 0.6 is 0 Å². The number of hydrogen-bond acceptors (Lipinski definition) is 4. The molecule has 0 spiro atoms. The van der Waals surface area contributed by atoms with E-state index in [2.05, 4.69) is 10.0 Å². The van der Waals surface area contributed by atoms with Crippen LogP contribution in [-0.4, -0.2) is 27.9 Å². The van der Waals surface area contributed by atoms with Gasteiger partial charge in [-0.1, -0.05) is 12.1 Å². The second-order valence-electron chi connectivity index (χ2n) is 4.90. The minimum absolute atomic E-state index is 0.0794. The summed E-state index contributed by atoms with van der Waals surface area (Å²) in [6, 6.07) is 6.92. The number of sulfonamides is 1. The summed E-state index contributed by atoms with van der Waals surface area (Å²) in [5, 5.41) is 3.07. The lowest BCUT2D eigenvalue weighted by molar-refractivity contribution is -0.118. The van der Waals surface area contributed by atoms with Gasteiger partial charge in [-0.25, -0.2) is 13.1 Å². The number of nitrogens with two attached hydrogens (primary N) is 1. The molecule has 0 radical (unpaired) electrons. The minimum Gasteiger partial charge on any atom is -0.370 e. The van der Waals surface area contributed by atoms with Crippen molar-refractivity contribution in [1.82, 2.24) is 10.0 Å². The molecule has 118 valence electrons. The molecule has 6 nitrogen and oxygen atoms in total. The first-order valence-corrected chi connectivity index (χ1v) is 8.40. The molecule has 0 aliphatic carbocycles. The zero-order valence-electron chi connectivity index (χ0n) is 12.4. The average Bonchev–Trinajstić information content (AvgIpc) is 2.45. The number of rotatable bonds is 9. The Morgan fingerprint density at radius 2 is 2.05 bits per heavy atom. The quantitative estimate of drug-likeness (QED) is 0.590. The molecule has 0 fully saturated rings. The first-order valence-electron chi connectivity index (χ1n) is 6.92. The van der Waals surface area contributed by atoms with Gasteiger partial charge in [0.25, 0.3) is 0 Å². The van der Waals surface area contributed by atoms with Gasteiger partial charge in [-0.2, -0.15) is 0 Å². The Labute approximate surface area is 126 Å². The molecule has 1 aromatic carbocycles. The Bertz CT molecular complexity index is 573. The van der Waals surface area contributed by atoms with Gasteiger partial charge in [0.15, 0.2) is 0 Å². The molecule has 0 aliphatic heterocycles. The second-order valence-corrected chi connectivity index (χ2v) is 6.67. The molecule has 0 aliphatic rings. The maximum atomic E-state index is 12.2. The van der Waals surface area contributed by atoms with Gasteiger partial charge in [0.1, 0.15) is 0 Å². The third-order valence-electron chi connectivity index (χ3n) is 3.24. The molecule has 1 atom stereocenters. The molecule has 1 amide bonds. The van der Waals surface area contributed by atoms with Crippen LogP contribution in [0.25, 0.3) is 0 Å². The van der Waals surface area contributed by atoms with Crippen molar-refractivity contribution in [3.05, 3.63) is 29.8 Å². The fourth-order valence-electron chi connectivity index (χ4n) is 1.83. The Morgan fingerprint density at radius 3 is 2.67 bits per heavy atom. The predicted octanol–water partition coefficient (Wildman–Crippen LogP) is 0.901. The van der Waals surface area contributed by atoms with Crippen molar-refractivity contribution in [2.45, 2.75) is 37.1 Å². The lowest BCUT2D eigenvalue weighted by Crippen LogP contribution is -2.25. The van der Waals surface area contributed by atoms with Gasteiger partial charge in [0.2, 0.25) is 15.9 Å². The standard InChI is InChI=1S/C14H23N3O3S/c1-11(16-2)12-6-5-7-13(10-12)21(19,20)17-9-4-3-8-14(15)18/h5-7,10-11,16-17H,3-4,8-9H2,1-2H3,(H2,15,18). The maximum Gasteiger partial charge on any atom is 0.240 e. The Kier molecular flexibility index (Phi) is 6.80. The van der Waals surface area contributed by atoms with Crippen LogP contribution in [0, 0.1) is 0 Å². The van der Waals surface area contributed by atoms with Gasteiger partial charge in [-0.3, -0.25) is 4.79 Å². The third-order valence-corrected chi connectivity index (χ3v) is 4.70. The van der Waals surface area contributed by atoms with Gasteiger partial charge in [-0.15, -0.1) is 0 Å². The molecule has 0 heterocycles. The molecule has 0 saturated carbocycles.